The van der Waals surface area contributed by atoms with Crippen molar-refractivity contribution in [1.82, 2.24) is 0 Å². The lowest BCUT2D eigenvalue weighted by Gasteiger charge is -2.02. The largest absolute Gasteiger partial charge is 0.422 e. The Morgan fingerprint density at radius 2 is 1.72 bits per heavy atom. The molecule has 0 saturated carbocycles. The molecule has 2 nitrogen and oxygen atoms in total. The van der Waals surface area contributed by atoms with Gasteiger partial charge in [0, 0.05) is 5.56 Å². The number of halogens is 1. The third-order valence-electron chi connectivity index (χ3n) is 2.78. The van der Waals surface area contributed by atoms with Gasteiger partial charge in [0.05, 0.1) is 5.39 Å². The summed E-state index contributed by atoms with van der Waals surface area (Å²) in [6.07, 6.45) is 0. The minimum atomic E-state index is -0.522. The van der Waals surface area contributed by atoms with Crippen LogP contribution in [0.15, 0.2) is 63.8 Å². The summed E-state index contributed by atoms with van der Waals surface area (Å²) >= 11 is 0. The highest BCUT2D eigenvalue weighted by molar-refractivity contribution is 5.84. The van der Waals surface area contributed by atoms with Gasteiger partial charge in [-0.1, -0.05) is 36.4 Å². The van der Waals surface area contributed by atoms with Gasteiger partial charge in [-0.2, -0.15) is 0 Å². The summed E-state index contributed by atoms with van der Waals surface area (Å²) < 4.78 is 18.3. The molecule has 0 aliphatic rings. The van der Waals surface area contributed by atoms with Gasteiger partial charge in [0.2, 0.25) is 0 Å². The molecule has 0 fully saturated rings. The number of hydrogen-bond acceptors (Lipinski definition) is 2. The summed E-state index contributed by atoms with van der Waals surface area (Å²) in [5.74, 6) is 0.0435. The first-order valence-corrected chi connectivity index (χ1v) is 5.53. The highest BCUT2D eigenvalue weighted by Crippen LogP contribution is 2.22. The Bertz CT molecular complexity index is 760. The van der Waals surface area contributed by atoms with Crippen LogP contribution in [0.1, 0.15) is 0 Å². The van der Waals surface area contributed by atoms with Crippen molar-refractivity contribution in [3.05, 3.63) is 70.8 Å². The van der Waals surface area contributed by atoms with E-state index in [1.54, 1.807) is 12.1 Å². The van der Waals surface area contributed by atoms with Crippen molar-refractivity contribution >= 4 is 10.8 Å². The van der Waals surface area contributed by atoms with Gasteiger partial charge in [-0.15, -0.1) is 0 Å². The minimum Gasteiger partial charge on any atom is -0.422 e. The van der Waals surface area contributed by atoms with Crippen molar-refractivity contribution in [3.63, 3.8) is 0 Å². The molecule has 0 amide bonds. The van der Waals surface area contributed by atoms with E-state index in [4.69, 9.17) is 4.42 Å². The Balaban J connectivity index is 2.29. The summed E-state index contributed by atoms with van der Waals surface area (Å²) in [6.45, 7) is 0. The fraction of sp³-hybridized carbons (Fsp3) is 0. The van der Waals surface area contributed by atoms with Gasteiger partial charge >= 0.3 is 5.63 Å². The highest BCUT2D eigenvalue weighted by Gasteiger charge is 2.07. The summed E-state index contributed by atoms with van der Waals surface area (Å²) in [5, 5.41) is 0.932. The maximum atomic E-state index is 13.1. The molecular formula is C15H9FO2. The molecule has 0 radical (unpaired) electrons. The first-order valence-electron chi connectivity index (χ1n) is 5.53. The topological polar surface area (TPSA) is 30.2 Å². The van der Waals surface area contributed by atoms with Crippen LogP contribution in [0.5, 0.6) is 0 Å². The molecule has 1 heterocycles. The lowest BCUT2D eigenvalue weighted by Crippen LogP contribution is -2.00. The van der Waals surface area contributed by atoms with Crippen LogP contribution in [-0.2, 0) is 0 Å². The number of hydrogen-bond donors (Lipinski definition) is 0. The zero-order valence-electron chi connectivity index (χ0n) is 9.39. The molecule has 3 aromatic rings. The number of benzene rings is 2. The molecule has 0 saturated heterocycles. The molecule has 0 N–H and O–H groups in total. The van der Waals surface area contributed by atoms with Gasteiger partial charge < -0.3 is 4.42 Å². The van der Waals surface area contributed by atoms with Crippen LogP contribution < -0.4 is 5.63 Å². The smallest absolute Gasteiger partial charge is 0.344 e. The average Bonchev–Trinajstić information content (AvgIpc) is 2.40. The SMILES string of the molecule is O=c1oc(-c2ccccc2)cc2ccc(F)cc12. The third kappa shape index (κ3) is 1.80. The fourth-order valence-electron chi connectivity index (χ4n) is 1.90. The lowest BCUT2D eigenvalue weighted by molar-refractivity contribution is 0.534. The van der Waals surface area contributed by atoms with Gasteiger partial charge in [-0.25, -0.2) is 9.18 Å². The Morgan fingerprint density at radius 1 is 0.944 bits per heavy atom. The van der Waals surface area contributed by atoms with Crippen molar-refractivity contribution in [2.24, 2.45) is 0 Å². The Labute approximate surface area is 102 Å². The van der Waals surface area contributed by atoms with Crippen LogP contribution in [0.4, 0.5) is 4.39 Å². The van der Waals surface area contributed by atoms with E-state index in [2.05, 4.69) is 0 Å². The summed E-state index contributed by atoms with van der Waals surface area (Å²) in [7, 11) is 0. The minimum absolute atomic E-state index is 0.259. The first kappa shape index (κ1) is 10.7. The Kier molecular flexibility index (Phi) is 2.45. The van der Waals surface area contributed by atoms with Crippen LogP contribution in [-0.4, -0.2) is 0 Å². The molecule has 18 heavy (non-hydrogen) atoms. The number of fused-ring (bicyclic) bond motifs is 1. The summed E-state index contributed by atoms with van der Waals surface area (Å²) in [4.78, 5) is 11.8. The van der Waals surface area contributed by atoms with Crippen molar-refractivity contribution in [3.8, 4) is 11.3 Å². The second-order valence-corrected chi connectivity index (χ2v) is 4.00. The standard InChI is InChI=1S/C15H9FO2/c16-12-7-6-11-8-14(10-4-2-1-3-5-10)18-15(17)13(11)9-12/h1-9H. The maximum Gasteiger partial charge on any atom is 0.344 e. The molecule has 2 aromatic carbocycles. The molecule has 0 aliphatic carbocycles. The molecule has 3 heteroatoms. The van der Waals surface area contributed by atoms with E-state index in [1.165, 1.54) is 12.1 Å². The van der Waals surface area contributed by atoms with Crippen LogP contribution in [0.25, 0.3) is 22.1 Å². The van der Waals surface area contributed by atoms with Gasteiger partial charge in [-0.3, -0.25) is 0 Å². The summed E-state index contributed by atoms with van der Waals surface area (Å²) in [6, 6.07) is 15.2. The molecule has 0 spiro atoms. The zero-order valence-corrected chi connectivity index (χ0v) is 9.39. The second-order valence-electron chi connectivity index (χ2n) is 4.00. The Hall–Kier alpha value is -2.42. The first-order chi connectivity index (χ1) is 8.74. The quantitative estimate of drug-likeness (QED) is 0.650. The van der Waals surface area contributed by atoms with E-state index in [1.807, 2.05) is 30.3 Å². The molecule has 0 atom stereocenters. The third-order valence-corrected chi connectivity index (χ3v) is 2.78. The van der Waals surface area contributed by atoms with E-state index < -0.39 is 11.4 Å². The molecule has 3 rings (SSSR count). The van der Waals surface area contributed by atoms with Gasteiger partial charge in [-0.05, 0) is 23.6 Å². The maximum absolute atomic E-state index is 13.1. The van der Waals surface area contributed by atoms with E-state index in [9.17, 15) is 9.18 Å². The van der Waals surface area contributed by atoms with Gasteiger partial charge in [0.15, 0.2) is 0 Å². The monoisotopic (exact) mass is 240 g/mol. The van der Waals surface area contributed by atoms with Crippen LogP contribution in [0.3, 0.4) is 0 Å². The molecule has 1 aromatic heterocycles. The van der Waals surface area contributed by atoms with E-state index >= 15 is 0 Å². The zero-order chi connectivity index (χ0) is 12.5. The molecule has 0 unspecified atom stereocenters. The van der Waals surface area contributed by atoms with Crippen LogP contribution in [0, 0.1) is 5.82 Å². The average molecular weight is 240 g/mol. The molecule has 0 bridgehead atoms. The molecular weight excluding hydrogens is 231 g/mol. The van der Waals surface area contributed by atoms with Crippen LogP contribution in [0.2, 0.25) is 0 Å². The second kappa shape index (κ2) is 4.11. The van der Waals surface area contributed by atoms with E-state index in [0.29, 0.717) is 11.1 Å². The summed E-state index contributed by atoms with van der Waals surface area (Å²) in [5.41, 5.74) is 0.298. The van der Waals surface area contributed by atoms with Crippen molar-refractivity contribution in [1.29, 1.82) is 0 Å². The van der Waals surface area contributed by atoms with E-state index in [-0.39, 0.29) is 5.39 Å². The predicted octanol–water partition coefficient (Wildman–Crippen LogP) is 3.60. The van der Waals surface area contributed by atoms with Gasteiger partial charge in [0.1, 0.15) is 11.6 Å². The van der Waals surface area contributed by atoms with Gasteiger partial charge in [0.25, 0.3) is 0 Å². The van der Waals surface area contributed by atoms with Crippen molar-refractivity contribution in [2.45, 2.75) is 0 Å². The van der Waals surface area contributed by atoms with Crippen molar-refractivity contribution in [2.75, 3.05) is 0 Å². The normalized spacial score (nSPS) is 10.7. The Morgan fingerprint density at radius 3 is 2.50 bits per heavy atom. The molecule has 88 valence electrons. The molecule has 0 aliphatic heterocycles. The van der Waals surface area contributed by atoms with Crippen LogP contribution >= 0.6 is 0 Å². The van der Waals surface area contributed by atoms with E-state index in [0.717, 1.165) is 5.56 Å². The highest BCUT2D eigenvalue weighted by atomic mass is 19.1. The number of rotatable bonds is 1. The fourth-order valence-corrected chi connectivity index (χ4v) is 1.90. The lowest BCUT2D eigenvalue weighted by atomic mass is 10.1. The predicted molar refractivity (Wildman–Crippen MR) is 67.9 cm³/mol. The van der Waals surface area contributed by atoms with Crippen molar-refractivity contribution < 1.29 is 8.81 Å².